The van der Waals surface area contributed by atoms with E-state index >= 15 is 0 Å². The third kappa shape index (κ3) is 7.45. The van der Waals surface area contributed by atoms with Gasteiger partial charge in [-0.1, -0.05) is 39.8 Å². The third-order valence-corrected chi connectivity index (χ3v) is 8.06. The molecule has 0 radical (unpaired) electrons. The smallest absolute Gasteiger partial charge is 0.248 e. The minimum Gasteiger partial charge on any atom is -0.398 e. The number of benzene rings is 2. The number of anilines is 1. The first-order chi connectivity index (χ1) is 19.6. The van der Waals surface area contributed by atoms with Gasteiger partial charge in [0, 0.05) is 48.4 Å². The van der Waals surface area contributed by atoms with Crippen LogP contribution in [0, 0.1) is 11.8 Å². The second kappa shape index (κ2) is 13.5. The lowest BCUT2D eigenvalue weighted by molar-refractivity contribution is 0.0999. The molecule has 0 bridgehead atoms. The standard InChI is InChI=1S/C31H45N9O/c1-20(2)14-24-17-40(13-12-36-24,28-9-8-23(31(34)41)15-26(28)30(33)21(3)4)39-11-10-22-6-5-7-27(32)25(22)16-29-37-18-35-19-38-29/h5-9,15,18-21,24,30,36,39H,10-14,16-17,32-33H2,1-4H3,(H-,34,41)/p+1. The van der Waals surface area contributed by atoms with E-state index < -0.39 is 5.91 Å². The van der Waals surface area contributed by atoms with Crippen LogP contribution >= 0.6 is 0 Å². The summed E-state index contributed by atoms with van der Waals surface area (Å²) in [6.07, 6.45) is 5.42. The van der Waals surface area contributed by atoms with E-state index in [4.69, 9.17) is 17.2 Å². The first kappa shape index (κ1) is 30.5. The molecule has 3 atom stereocenters. The molecule has 1 fully saturated rings. The molecule has 8 N–H and O–H groups in total. The number of primary amides is 1. The van der Waals surface area contributed by atoms with Crippen molar-refractivity contribution in [3.8, 4) is 0 Å². The van der Waals surface area contributed by atoms with Crippen molar-refractivity contribution < 1.29 is 4.79 Å². The highest BCUT2D eigenvalue weighted by molar-refractivity contribution is 5.93. The molecule has 4 rings (SSSR count). The van der Waals surface area contributed by atoms with E-state index in [0.29, 0.717) is 34.4 Å². The van der Waals surface area contributed by atoms with E-state index in [1.165, 1.54) is 12.7 Å². The molecule has 0 aliphatic carbocycles. The molecule has 10 heteroatoms. The van der Waals surface area contributed by atoms with Crippen LogP contribution < -0.4 is 32.5 Å². The van der Waals surface area contributed by atoms with Crippen molar-refractivity contribution in [2.24, 2.45) is 23.3 Å². The zero-order chi connectivity index (χ0) is 29.6. The van der Waals surface area contributed by atoms with Crippen molar-refractivity contribution in [3.63, 3.8) is 0 Å². The number of aromatic nitrogens is 3. The van der Waals surface area contributed by atoms with E-state index in [0.717, 1.165) is 67.1 Å². The van der Waals surface area contributed by atoms with E-state index in [1.807, 2.05) is 24.3 Å². The van der Waals surface area contributed by atoms with Crippen molar-refractivity contribution in [3.05, 3.63) is 77.1 Å². The van der Waals surface area contributed by atoms with Gasteiger partial charge in [0.15, 0.2) is 5.69 Å². The van der Waals surface area contributed by atoms with Crippen LogP contribution in [-0.4, -0.2) is 53.1 Å². The molecule has 1 aliphatic heterocycles. The molecule has 220 valence electrons. The predicted molar refractivity (Wildman–Crippen MR) is 165 cm³/mol. The molecule has 41 heavy (non-hydrogen) atoms. The first-order valence-corrected chi connectivity index (χ1v) is 14.6. The SMILES string of the molecule is CC(C)CC1C[N+](NCCc2cccc(N)c2Cc2ncncn2)(c2ccc(C(N)=O)cc2C(N)C(C)C)CCN1. The quantitative estimate of drug-likeness (QED) is 0.167. The Labute approximate surface area is 243 Å². The van der Waals surface area contributed by atoms with Crippen LogP contribution in [0.5, 0.6) is 0 Å². The van der Waals surface area contributed by atoms with Gasteiger partial charge in [-0.05, 0) is 54.0 Å². The van der Waals surface area contributed by atoms with Gasteiger partial charge in [-0.3, -0.25) is 4.79 Å². The number of nitrogens with two attached hydrogens (primary N) is 3. The summed E-state index contributed by atoms with van der Waals surface area (Å²) in [4.78, 5) is 24.7. The van der Waals surface area contributed by atoms with Gasteiger partial charge in [0.05, 0.1) is 6.04 Å². The summed E-state index contributed by atoms with van der Waals surface area (Å²) in [5.41, 5.74) is 28.3. The molecule has 3 unspecified atom stereocenters. The number of quaternary nitrogens is 1. The van der Waals surface area contributed by atoms with E-state index in [9.17, 15) is 4.79 Å². The van der Waals surface area contributed by atoms with Gasteiger partial charge in [0.25, 0.3) is 0 Å². The highest BCUT2D eigenvalue weighted by Crippen LogP contribution is 2.35. The molecule has 2 heterocycles. The van der Waals surface area contributed by atoms with Gasteiger partial charge in [-0.2, -0.15) is 5.43 Å². The number of nitrogens with one attached hydrogen (secondary N) is 2. The monoisotopic (exact) mass is 560 g/mol. The highest BCUT2D eigenvalue weighted by Gasteiger charge is 2.40. The fraction of sp³-hybridized carbons (Fsp3) is 0.484. The maximum absolute atomic E-state index is 12.1. The zero-order valence-electron chi connectivity index (χ0n) is 24.8. The lowest BCUT2D eigenvalue weighted by atomic mass is 9.92. The minimum absolute atomic E-state index is 0.191. The van der Waals surface area contributed by atoms with Crippen molar-refractivity contribution in [1.29, 1.82) is 0 Å². The van der Waals surface area contributed by atoms with Crippen LogP contribution in [0.2, 0.25) is 0 Å². The molecule has 1 saturated heterocycles. The number of carbonyl (C=O) groups is 1. The predicted octanol–water partition coefficient (Wildman–Crippen LogP) is 2.87. The number of hydrogen-bond donors (Lipinski definition) is 5. The molecule has 0 spiro atoms. The van der Waals surface area contributed by atoms with Crippen LogP contribution in [0.1, 0.15) is 73.0 Å². The number of piperazine rings is 1. The summed E-state index contributed by atoms with van der Waals surface area (Å²) < 4.78 is 0.574. The Hall–Kier alpha value is -3.44. The van der Waals surface area contributed by atoms with E-state index in [2.05, 4.69) is 65.5 Å². The number of rotatable bonds is 12. The largest absolute Gasteiger partial charge is 0.398 e. The van der Waals surface area contributed by atoms with Gasteiger partial charge >= 0.3 is 0 Å². The maximum atomic E-state index is 12.1. The Morgan fingerprint density at radius 3 is 2.59 bits per heavy atom. The van der Waals surface area contributed by atoms with Crippen molar-refractivity contribution >= 4 is 17.3 Å². The average Bonchev–Trinajstić information content (AvgIpc) is 2.94. The third-order valence-electron chi connectivity index (χ3n) is 8.06. The van der Waals surface area contributed by atoms with Crippen LogP contribution in [-0.2, 0) is 12.8 Å². The Morgan fingerprint density at radius 1 is 1.15 bits per heavy atom. The molecule has 2 aromatic carbocycles. The lowest BCUT2D eigenvalue weighted by Crippen LogP contribution is -2.70. The molecular weight excluding hydrogens is 514 g/mol. The van der Waals surface area contributed by atoms with Gasteiger partial charge in [-0.25, -0.2) is 19.5 Å². The van der Waals surface area contributed by atoms with Gasteiger partial charge in [0.1, 0.15) is 31.6 Å². The number of nitrogens with zero attached hydrogens (tertiary/aromatic N) is 4. The van der Waals surface area contributed by atoms with E-state index in [1.54, 1.807) is 0 Å². The molecule has 1 amide bonds. The molecular formula is C31H46N9O+. The Kier molecular flexibility index (Phi) is 10.0. The Balaban J connectivity index is 1.68. The Bertz CT molecular complexity index is 1310. The van der Waals surface area contributed by atoms with Crippen molar-refractivity contribution in [2.75, 3.05) is 31.9 Å². The summed E-state index contributed by atoms with van der Waals surface area (Å²) in [7, 11) is 0. The van der Waals surface area contributed by atoms with E-state index in [-0.39, 0.29) is 12.0 Å². The van der Waals surface area contributed by atoms with Crippen LogP contribution in [0.3, 0.4) is 0 Å². The summed E-state index contributed by atoms with van der Waals surface area (Å²) in [5.74, 6) is 0.999. The van der Waals surface area contributed by atoms with Crippen molar-refractivity contribution in [2.45, 2.75) is 59.0 Å². The zero-order valence-corrected chi connectivity index (χ0v) is 24.8. The topological polar surface area (TPSA) is 158 Å². The summed E-state index contributed by atoms with van der Waals surface area (Å²) in [5, 5.41) is 3.73. The number of nitrogen functional groups attached to an aromatic ring is 1. The molecule has 0 saturated carbocycles. The molecule has 1 aliphatic rings. The lowest BCUT2D eigenvalue weighted by Gasteiger charge is -2.45. The maximum Gasteiger partial charge on any atom is 0.248 e. The highest BCUT2D eigenvalue weighted by atomic mass is 16.1. The first-order valence-electron chi connectivity index (χ1n) is 14.6. The molecule has 3 aromatic rings. The minimum atomic E-state index is -0.446. The molecule has 10 nitrogen and oxygen atoms in total. The van der Waals surface area contributed by atoms with Gasteiger partial charge < -0.3 is 22.5 Å². The second-order valence-electron chi connectivity index (χ2n) is 11.9. The Morgan fingerprint density at radius 2 is 1.90 bits per heavy atom. The van der Waals surface area contributed by atoms with Gasteiger partial charge in [-0.15, -0.1) is 0 Å². The van der Waals surface area contributed by atoms with Crippen molar-refractivity contribution in [1.82, 2.24) is 30.3 Å². The fourth-order valence-corrected chi connectivity index (χ4v) is 5.91. The van der Waals surface area contributed by atoms with Crippen LogP contribution in [0.4, 0.5) is 11.4 Å². The second-order valence-corrected chi connectivity index (χ2v) is 11.9. The van der Waals surface area contributed by atoms with Crippen LogP contribution in [0.25, 0.3) is 0 Å². The van der Waals surface area contributed by atoms with Gasteiger partial charge in [0.2, 0.25) is 5.91 Å². The number of hydrogen-bond acceptors (Lipinski definition) is 8. The summed E-state index contributed by atoms with van der Waals surface area (Å²) in [6.45, 7) is 12.0. The molecule has 1 aromatic heterocycles. The summed E-state index contributed by atoms with van der Waals surface area (Å²) >= 11 is 0. The summed E-state index contributed by atoms with van der Waals surface area (Å²) in [6, 6.07) is 11.9. The fourth-order valence-electron chi connectivity index (χ4n) is 5.91. The average molecular weight is 561 g/mol. The number of carbonyl (C=O) groups excluding carboxylic acids is 1. The normalized spacial score (nSPS) is 19.9. The number of amides is 1. The van der Waals surface area contributed by atoms with Crippen LogP contribution in [0.15, 0.2) is 49.1 Å².